The molecule has 18 heavy (non-hydrogen) atoms. The van der Waals surface area contributed by atoms with E-state index >= 15 is 0 Å². The molecule has 98 valence electrons. The zero-order valence-corrected chi connectivity index (χ0v) is 10.8. The van der Waals surface area contributed by atoms with E-state index in [9.17, 15) is 0 Å². The summed E-state index contributed by atoms with van der Waals surface area (Å²) in [5.41, 5.74) is 2.40. The highest BCUT2D eigenvalue weighted by Gasteiger charge is 2.19. The van der Waals surface area contributed by atoms with Crippen molar-refractivity contribution in [2.24, 2.45) is 7.05 Å². The summed E-state index contributed by atoms with van der Waals surface area (Å²) in [4.78, 5) is 0. The molecule has 2 aromatic heterocycles. The van der Waals surface area contributed by atoms with Gasteiger partial charge in [0.05, 0.1) is 18.4 Å². The summed E-state index contributed by atoms with van der Waals surface area (Å²) in [5.74, 6) is 1.42. The molecule has 0 saturated carbocycles. The van der Waals surface area contributed by atoms with Gasteiger partial charge in [-0.05, 0) is 13.3 Å². The molecule has 2 heterocycles. The van der Waals surface area contributed by atoms with Crippen molar-refractivity contribution in [1.29, 1.82) is 0 Å². The minimum atomic E-state index is 0.144. The Morgan fingerprint density at radius 2 is 2.28 bits per heavy atom. The highest BCUT2D eigenvalue weighted by atomic mass is 16.5. The third kappa shape index (κ3) is 2.24. The van der Waals surface area contributed by atoms with Crippen LogP contribution in [0.4, 0.5) is 0 Å². The van der Waals surface area contributed by atoms with Crippen molar-refractivity contribution in [3.8, 4) is 17.1 Å². The third-order valence-electron chi connectivity index (χ3n) is 2.76. The fraction of sp³-hybridized carbons (Fsp3) is 0.500. The Labute approximate surface area is 105 Å². The Bertz CT molecular complexity index is 531. The summed E-state index contributed by atoms with van der Waals surface area (Å²) in [6, 6.07) is 1.86. The highest BCUT2D eigenvalue weighted by molar-refractivity contribution is 5.67. The predicted molar refractivity (Wildman–Crippen MR) is 65.4 cm³/mol. The molecule has 0 saturated heterocycles. The average molecular weight is 251 g/mol. The summed E-state index contributed by atoms with van der Waals surface area (Å²) in [6.45, 7) is 2.05. The maximum Gasteiger partial charge on any atom is 0.221 e. The number of hydrogen-bond donors (Lipinski definition) is 1. The Morgan fingerprint density at radius 1 is 1.50 bits per heavy atom. The minimum absolute atomic E-state index is 0.144. The second-order valence-corrected chi connectivity index (χ2v) is 4.10. The quantitative estimate of drug-likeness (QED) is 0.867. The van der Waals surface area contributed by atoms with Gasteiger partial charge in [0.1, 0.15) is 11.5 Å². The zero-order chi connectivity index (χ0) is 13.1. The van der Waals surface area contributed by atoms with Gasteiger partial charge in [-0.2, -0.15) is 5.10 Å². The maximum absolute atomic E-state index is 8.79. The van der Waals surface area contributed by atoms with Gasteiger partial charge in [0, 0.05) is 26.1 Å². The SMILES string of the molecule is COc1c(-c2cc(CCCO)on2)c(C)nn1C. The molecule has 0 aromatic carbocycles. The number of aromatic nitrogens is 3. The summed E-state index contributed by atoms with van der Waals surface area (Å²) in [7, 11) is 3.43. The van der Waals surface area contributed by atoms with Gasteiger partial charge in [0.15, 0.2) is 0 Å². The number of hydrogen-bond acceptors (Lipinski definition) is 5. The van der Waals surface area contributed by atoms with Crippen LogP contribution in [-0.4, -0.2) is 33.8 Å². The molecule has 2 aromatic rings. The number of nitrogens with zero attached hydrogens (tertiary/aromatic N) is 3. The molecular formula is C12H17N3O3. The van der Waals surface area contributed by atoms with Crippen molar-refractivity contribution in [2.45, 2.75) is 19.8 Å². The van der Waals surface area contributed by atoms with Crippen LogP contribution in [0.3, 0.4) is 0 Å². The second kappa shape index (κ2) is 5.22. The molecule has 2 rings (SSSR count). The van der Waals surface area contributed by atoms with Gasteiger partial charge >= 0.3 is 0 Å². The lowest BCUT2D eigenvalue weighted by atomic mass is 10.1. The van der Waals surface area contributed by atoms with Crippen molar-refractivity contribution in [3.05, 3.63) is 17.5 Å². The van der Waals surface area contributed by atoms with Crippen molar-refractivity contribution in [2.75, 3.05) is 13.7 Å². The molecule has 0 aliphatic carbocycles. The Balaban J connectivity index is 2.33. The lowest BCUT2D eigenvalue weighted by Gasteiger charge is -2.01. The van der Waals surface area contributed by atoms with Gasteiger partial charge in [-0.25, -0.2) is 4.68 Å². The van der Waals surface area contributed by atoms with Crippen molar-refractivity contribution >= 4 is 0 Å². The van der Waals surface area contributed by atoms with E-state index in [2.05, 4.69) is 10.3 Å². The van der Waals surface area contributed by atoms with Crippen molar-refractivity contribution < 1.29 is 14.4 Å². The molecule has 0 aliphatic rings. The topological polar surface area (TPSA) is 73.3 Å². The van der Waals surface area contributed by atoms with E-state index in [1.165, 1.54) is 0 Å². The highest BCUT2D eigenvalue weighted by Crippen LogP contribution is 2.32. The van der Waals surface area contributed by atoms with Gasteiger partial charge in [-0.1, -0.05) is 5.16 Å². The van der Waals surface area contributed by atoms with Gasteiger partial charge in [-0.15, -0.1) is 0 Å². The van der Waals surface area contributed by atoms with Crippen LogP contribution in [0.25, 0.3) is 11.3 Å². The van der Waals surface area contributed by atoms with E-state index in [1.807, 2.05) is 20.0 Å². The summed E-state index contributed by atoms with van der Waals surface area (Å²) < 4.78 is 12.2. The van der Waals surface area contributed by atoms with Gasteiger partial charge in [0.2, 0.25) is 5.88 Å². The largest absolute Gasteiger partial charge is 0.481 e. The first-order valence-electron chi connectivity index (χ1n) is 5.81. The first-order chi connectivity index (χ1) is 8.67. The van der Waals surface area contributed by atoms with E-state index < -0.39 is 0 Å². The molecule has 0 radical (unpaired) electrons. The lowest BCUT2D eigenvalue weighted by molar-refractivity contribution is 0.280. The van der Waals surface area contributed by atoms with E-state index in [1.54, 1.807) is 11.8 Å². The van der Waals surface area contributed by atoms with Crippen LogP contribution in [0.5, 0.6) is 5.88 Å². The molecule has 0 aliphatic heterocycles. The Morgan fingerprint density at radius 3 is 2.94 bits per heavy atom. The average Bonchev–Trinajstić information content (AvgIpc) is 2.90. The van der Waals surface area contributed by atoms with E-state index in [-0.39, 0.29) is 6.61 Å². The summed E-state index contributed by atoms with van der Waals surface area (Å²) in [6.07, 6.45) is 1.34. The van der Waals surface area contributed by atoms with Crippen LogP contribution in [0.15, 0.2) is 10.6 Å². The smallest absolute Gasteiger partial charge is 0.221 e. The molecule has 0 spiro atoms. The number of aliphatic hydroxyl groups is 1. The van der Waals surface area contributed by atoms with E-state index in [0.717, 1.165) is 17.0 Å². The molecule has 0 amide bonds. The lowest BCUT2D eigenvalue weighted by Crippen LogP contribution is -1.95. The third-order valence-corrected chi connectivity index (χ3v) is 2.76. The number of aliphatic hydroxyl groups excluding tert-OH is 1. The Kier molecular flexibility index (Phi) is 3.66. The predicted octanol–water partition coefficient (Wildman–Crippen LogP) is 1.32. The monoisotopic (exact) mass is 251 g/mol. The molecule has 0 unspecified atom stereocenters. The van der Waals surface area contributed by atoms with Crippen molar-refractivity contribution in [1.82, 2.24) is 14.9 Å². The minimum Gasteiger partial charge on any atom is -0.481 e. The van der Waals surface area contributed by atoms with Crippen molar-refractivity contribution in [3.63, 3.8) is 0 Å². The normalized spacial score (nSPS) is 10.9. The van der Waals surface area contributed by atoms with Crippen LogP contribution < -0.4 is 4.74 Å². The molecule has 0 fully saturated rings. The fourth-order valence-electron chi connectivity index (χ4n) is 1.97. The second-order valence-electron chi connectivity index (χ2n) is 4.10. The van der Waals surface area contributed by atoms with Gasteiger partial charge in [-0.3, -0.25) is 0 Å². The van der Waals surface area contributed by atoms with E-state index in [0.29, 0.717) is 24.4 Å². The van der Waals surface area contributed by atoms with Gasteiger partial charge in [0.25, 0.3) is 0 Å². The van der Waals surface area contributed by atoms with Gasteiger partial charge < -0.3 is 14.4 Å². The van der Waals surface area contributed by atoms with Crippen LogP contribution in [0, 0.1) is 6.92 Å². The first-order valence-corrected chi connectivity index (χ1v) is 5.81. The maximum atomic E-state index is 8.79. The zero-order valence-electron chi connectivity index (χ0n) is 10.8. The van der Waals surface area contributed by atoms with Crippen LogP contribution in [0.1, 0.15) is 17.9 Å². The molecule has 0 bridgehead atoms. The number of methoxy groups -OCH3 is 1. The standard InChI is InChI=1S/C12H17N3O3/c1-8-11(12(17-3)15(2)13-8)10-7-9(18-14-10)5-4-6-16/h7,16H,4-6H2,1-3H3. The van der Waals surface area contributed by atoms with Crippen LogP contribution in [0.2, 0.25) is 0 Å². The number of aryl methyl sites for hydroxylation is 3. The molecule has 6 heteroatoms. The Hall–Kier alpha value is -1.82. The number of rotatable bonds is 5. The molecular weight excluding hydrogens is 234 g/mol. The molecule has 1 N–H and O–H groups in total. The number of ether oxygens (including phenoxy) is 1. The van der Waals surface area contributed by atoms with Crippen LogP contribution >= 0.6 is 0 Å². The fourth-order valence-corrected chi connectivity index (χ4v) is 1.97. The summed E-state index contributed by atoms with van der Waals surface area (Å²) >= 11 is 0. The molecule has 0 atom stereocenters. The first kappa shape index (κ1) is 12.6. The summed E-state index contributed by atoms with van der Waals surface area (Å²) in [5, 5.41) is 17.1. The van der Waals surface area contributed by atoms with Crippen LogP contribution in [-0.2, 0) is 13.5 Å². The molecule has 6 nitrogen and oxygen atoms in total. The van der Waals surface area contributed by atoms with E-state index in [4.69, 9.17) is 14.4 Å².